The summed E-state index contributed by atoms with van der Waals surface area (Å²) in [4.78, 5) is 27.8. The van der Waals surface area contributed by atoms with E-state index in [1.54, 1.807) is 48.5 Å². The molecule has 0 spiro atoms. The number of nitrogens with one attached hydrogen (secondary N) is 1. The van der Waals surface area contributed by atoms with Crippen LogP contribution in [0.5, 0.6) is 11.5 Å². The van der Waals surface area contributed by atoms with Gasteiger partial charge in [-0.05, 0) is 69.1 Å². The molecule has 11 heteroatoms. The number of para-hydroxylation sites is 1. The maximum absolute atomic E-state index is 12.8. The number of aromatic amines is 1. The first-order valence-corrected chi connectivity index (χ1v) is 12.6. The Morgan fingerprint density at radius 3 is 2.57 bits per heavy atom. The van der Waals surface area contributed by atoms with Gasteiger partial charge in [-0.3, -0.25) is 4.79 Å². The van der Waals surface area contributed by atoms with Gasteiger partial charge < -0.3 is 14.5 Å². The summed E-state index contributed by atoms with van der Waals surface area (Å²) < 4.78 is 13.7. The van der Waals surface area contributed by atoms with Crippen molar-refractivity contribution in [2.45, 2.75) is 13.5 Å². The summed E-state index contributed by atoms with van der Waals surface area (Å²) in [5.41, 5.74) is 0.572. The van der Waals surface area contributed by atoms with E-state index in [9.17, 15) is 9.59 Å². The molecule has 0 aliphatic carbocycles. The average Bonchev–Trinajstić information content (AvgIpc) is 2.83. The Morgan fingerprint density at radius 1 is 1.06 bits per heavy atom. The van der Waals surface area contributed by atoms with E-state index in [0.29, 0.717) is 53.6 Å². The zero-order valence-electron chi connectivity index (χ0n) is 18.1. The molecule has 0 aliphatic heterocycles. The smallest absolute Gasteiger partial charge is 0.349 e. The van der Waals surface area contributed by atoms with Crippen molar-refractivity contribution in [3.63, 3.8) is 0 Å². The monoisotopic (exact) mass is 639 g/mol. The molecule has 1 heterocycles. The number of hydrogen-bond donors (Lipinski definition) is 1. The summed E-state index contributed by atoms with van der Waals surface area (Å²) in [6.45, 7) is 2.40. The molecule has 4 rings (SSSR count). The molecular formula is C24H17Br2Cl2N3O4. The fourth-order valence-electron chi connectivity index (χ4n) is 3.26. The Hall–Kier alpha value is -2.59. The highest BCUT2D eigenvalue weighted by molar-refractivity contribution is 9.13. The highest BCUT2D eigenvalue weighted by Crippen LogP contribution is 2.43. The van der Waals surface area contributed by atoms with Gasteiger partial charge in [0.15, 0.2) is 11.5 Å². The van der Waals surface area contributed by atoms with Gasteiger partial charge in [-0.25, -0.2) is 4.79 Å². The molecule has 4 aromatic rings. The molecule has 3 aromatic carbocycles. The largest absolute Gasteiger partial charge is 0.490 e. The number of benzene rings is 3. The molecule has 1 N–H and O–H groups in total. The predicted octanol–water partition coefficient (Wildman–Crippen LogP) is 6.38. The van der Waals surface area contributed by atoms with Crippen LogP contribution in [0.25, 0.3) is 10.9 Å². The first-order chi connectivity index (χ1) is 16.8. The lowest BCUT2D eigenvalue weighted by molar-refractivity contribution is 0.267. The standard InChI is InChI=1S/C24H17Br2Cl2N3O4/c1-2-34-19-9-14(11-29-31-23(32)16-5-3-4-6-18(16)30-24(31)33)20(25)21(26)22(19)35-12-13-7-8-15(27)10-17(13)28/h3-11H,2,12H2,1H3,(H,30,33). The van der Waals surface area contributed by atoms with Crippen molar-refractivity contribution in [2.24, 2.45) is 5.10 Å². The lowest BCUT2D eigenvalue weighted by atomic mass is 10.2. The molecule has 0 aliphatic rings. The van der Waals surface area contributed by atoms with Crippen molar-refractivity contribution in [1.82, 2.24) is 9.66 Å². The first kappa shape index (κ1) is 25.5. The van der Waals surface area contributed by atoms with E-state index in [4.69, 9.17) is 32.7 Å². The second-order valence-electron chi connectivity index (χ2n) is 7.22. The highest BCUT2D eigenvalue weighted by Gasteiger charge is 2.18. The molecule has 35 heavy (non-hydrogen) atoms. The number of fused-ring (bicyclic) bond motifs is 1. The summed E-state index contributed by atoms with van der Waals surface area (Å²) in [7, 11) is 0. The Bertz CT molecular complexity index is 1570. The molecule has 0 atom stereocenters. The fraction of sp³-hybridized carbons (Fsp3) is 0.125. The van der Waals surface area contributed by atoms with Crippen molar-refractivity contribution in [1.29, 1.82) is 0 Å². The third-order valence-corrected chi connectivity index (χ3v) is 7.67. The molecule has 0 saturated carbocycles. The van der Waals surface area contributed by atoms with Crippen LogP contribution >= 0.6 is 55.1 Å². The van der Waals surface area contributed by atoms with Crippen molar-refractivity contribution >= 4 is 72.2 Å². The second-order valence-corrected chi connectivity index (χ2v) is 9.65. The van der Waals surface area contributed by atoms with Crippen LogP contribution in [0.15, 0.2) is 72.2 Å². The van der Waals surface area contributed by atoms with Crippen LogP contribution in [0.2, 0.25) is 10.0 Å². The average molecular weight is 642 g/mol. The highest BCUT2D eigenvalue weighted by atomic mass is 79.9. The Kier molecular flexibility index (Phi) is 8.01. The number of nitrogens with zero attached hydrogens (tertiary/aromatic N) is 2. The van der Waals surface area contributed by atoms with Gasteiger partial charge in [-0.2, -0.15) is 5.10 Å². The van der Waals surface area contributed by atoms with Crippen LogP contribution < -0.4 is 20.7 Å². The minimum absolute atomic E-state index is 0.177. The molecule has 0 radical (unpaired) electrons. The van der Waals surface area contributed by atoms with Crippen molar-refractivity contribution in [3.8, 4) is 11.5 Å². The maximum atomic E-state index is 12.8. The lowest BCUT2D eigenvalue weighted by Crippen LogP contribution is -2.32. The van der Waals surface area contributed by atoms with E-state index in [1.165, 1.54) is 6.21 Å². The number of hydrogen-bond acceptors (Lipinski definition) is 5. The van der Waals surface area contributed by atoms with Crippen LogP contribution in [0, 0.1) is 0 Å². The van der Waals surface area contributed by atoms with E-state index >= 15 is 0 Å². The molecule has 0 fully saturated rings. The second kappa shape index (κ2) is 11.0. The summed E-state index contributed by atoms with van der Waals surface area (Å²) in [6.07, 6.45) is 1.39. The Balaban J connectivity index is 1.70. The number of rotatable bonds is 7. The first-order valence-electron chi connectivity index (χ1n) is 10.3. The molecule has 0 amide bonds. The zero-order chi connectivity index (χ0) is 25.1. The molecule has 1 aromatic heterocycles. The van der Waals surface area contributed by atoms with Crippen LogP contribution in [0.3, 0.4) is 0 Å². The van der Waals surface area contributed by atoms with Gasteiger partial charge >= 0.3 is 5.69 Å². The van der Waals surface area contributed by atoms with Crippen molar-refractivity contribution < 1.29 is 9.47 Å². The molecule has 0 saturated heterocycles. The van der Waals surface area contributed by atoms with E-state index in [0.717, 1.165) is 10.2 Å². The van der Waals surface area contributed by atoms with Crippen molar-refractivity contribution in [3.05, 3.63) is 99.5 Å². The van der Waals surface area contributed by atoms with Gasteiger partial charge in [0.2, 0.25) is 0 Å². The summed E-state index contributed by atoms with van der Waals surface area (Å²) in [6, 6.07) is 13.6. The van der Waals surface area contributed by atoms with Gasteiger partial charge in [0.05, 0.1) is 28.2 Å². The van der Waals surface area contributed by atoms with Gasteiger partial charge in [-0.15, -0.1) is 4.68 Å². The van der Waals surface area contributed by atoms with E-state index in [-0.39, 0.29) is 6.61 Å². The molecular weight excluding hydrogens is 625 g/mol. The van der Waals surface area contributed by atoms with Gasteiger partial charge in [0, 0.05) is 25.6 Å². The third kappa shape index (κ3) is 5.48. The number of aromatic nitrogens is 2. The van der Waals surface area contributed by atoms with Gasteiger partial charge in [0.1, 0.15) is 6.61 Å². The number of halogens is 4. The Labute approximate surface area is 226 Å². The molecule has 7 nitrogen and oxygen atoms in total. The van der Waals surface area contributed by atoms with Crippen LogP contribution in [-0.4, -0.2) is 22.5 Å². The summed E-state index contributed by atoms with van der Waals surface area (Å²) >= 11 is 19.3. The van der Waals surface area contributed by atoms with Gasteiger partial charge in [0.25, 0.3) is 5.56 Å². The minimum atomic E-state index is -0.648. The number of H-pyrrole nitrogens is 1. The fourth-order valence-corrected chi connectivity index (χ4v) is 4.66. The van der Waals surface area contributed by atoms with Crippen LogP contribution in [-0.2, 0) is 6.61 Å². The van der Waals surface area contributed by atoms with E-state index < -0.39 is 11.2 Å². The summed E-state index contributed by atoms with van der Waals surface area (Å²) in [5.74, 6) is 0.886. The quantitative estimate of drug-likeness (QED) is 0.237. The SMILES string of the molecule is CCOc1cc(C=Nn2c(=O)[nH]c3ccccc3c2=O)c(Br)c(Br)c1OCc1ccc(Cl)cc1Cl. The Morgan fingerprint density at radius 2 is 1.83 bits per heavy atom. The van der Waals surface area contributed by atoms with Gasteiger partial charge in [-0.1, -0.05) is 41.4 Å². The number of ether oxygens (including phenoxy) is 2. The third-order valence-electron chi connectivity index (χ3n) is 4.94. The molecule has 180 valence electrons. The lowest BCUT2D eigenvalue weighted by Gasteiger charge is -2.17. The van der Waals surface area contributed by atoms with Crippen molar-refractivity contribution in [2.75, 3.05) is 6.61 Å². The summed E-state index contributed by atoms with van der Waals surface area (Å²) in [5, 5.41) is 5.50. The zero-order valence-corrected chi connectivity index (χ0v) is 22.8. The minimum Gasteiger partial charge on any atom is -0.490 e. The van der Waals surface area contributed by atoms with E-state index in [1.807, 2.05) is 6.92 Å². The van der Waals surface area contributed by atoms with E-state index in [2.05, 4.69) is 41.9 Å². The maximum Gasteiger partial charge on any atom is 0.349 e. The topological polar surface area (TPSA) is 85.7 Å². The molecule has 0 bridgehead atoms. The van der Waals surface area contributed by atoms with Crippen LogP contribution in [0.4, 0.5) is 0 Å². The van der Waals surface area contributed by atoms with Crippen LogP contribution in [0.1, 0.15) is 18.1 Å². The predicted molar refractivity (Wildman–Crippen MR) is 146 cm³/mol. The molecule has 0 unspecified atom stereocenters. The normalized spacial score (nSPS) is 11.3.